The molecule has 3 N–H and O–H groups in total. The minimum atomic E-state index is -0.401. The van der Waals surface area contributed by atoms with Crippen LogP contribution < -0.4 is 11.1 Å². The van der Waals surface area contributed by atoms with Crippen molar-refractivity contribution in [3.8, 4) is 10.7 Å². The molecule has 3 heterocycles. The van der Waals surface area contributed by atoms with E-state index in [0.717, 1.165) is 4.88 Å². The molecule has 2 amide bonds. The Labute approximate surface area is 164 Å². The van der Waals surface area contributed by atoms with Gasteiger partial charge in [0.15, 0.2) is 11.0 Å². The number of carbonyl (C=O) groups excluding carboxylic acids is 2. The first-order valence-corrected chi connectivity index (χ1v) is 10.1. The Hall–Kier alpha value is -2.59. The average molecular weight is 406 g/mol. The Morgan fingerprint density at radius 3 is 2.89 bits per heavy atom. The van der Waals surface area contributed by atoms with Gasteiger partial charge in [-0.2, -0.15) is 0 Å². The number of nitrogens with zero attached hydrogens (tertiary/aromatic N) is 3. The summed E-state index contributed by atoms with van der Waals surface area (Å²) < 4.78 is 7.11. The van der Waals surface area contributed by atoms with Crippen molar-refractivity contribution in [2.24, 2.45) is 5.73 Å². The summed E-state index contributed by atoms with van der Waals surface area (Å²) in [5, 5.41) is 13.8. The molecule has 0 aliphatic carbocycles. The summed E-state index contributed by atoms with van der Waals surface area (Å²) in [5.74, 6) is 0.980. The molecular weight excluding hydrogens is 386 g/mol. The fourth-order valence-electron chi connectivity index (χ4n) is 2.43. The van der Waals surface area contributed by atoms with Crippen LogP contribution in [0.4, 0.5) is 0 Å². The molecule has 1 unspecified atom stereocenters. The lowest BCUT2D eigenvalue weighted by molar-refractivity contribution is -0.119. The molecule has 142 valence electrons. The fourth-order valence-corrected chi connectivity index (χ4v) is 3.92. The van der Waals surface area contributed by atoms with Gasteiger partial charge in [0.1, 0.15) is 5.76 Å². The number of amides is 2. The van der Waals surface area contributed by atoms with E-state index in [-0.39, 0.29) is 24.1 Å². The van der Waals surface area contributed by atoms with E-state index in [1.54, 1.807) is 12.3 Å². The van der Waals surface area contributed by atoms with Gasteiger partial charge in [-0.3, -0.25) is 9.59 Å². The molecule has 3 rings (SSSR count). The normalized spacial score (nSPS) is 12.0. The van der Waals surface area contributed by atoms with Crippen LogP contribution >= 0.6 is 23.1 Å². The highest BCUT2D eigenvalue weighted by molar-refractivity contribution is 7.99. The van der Waals surface area contributed by atoms with E-state index < -0.39 is 5.91 Å². The Balaban J connectivity index is 1.66. The predicted octanol–water partition coefficient (Wildman–Crippen LogP) is 2.44. The average Bonchev–Trinajstić information content (AvgIpc) is 3.39. The molecule has 0 aliphatic rings. The number of hydrogen-bond acceptors (Lipinski definition) is 7. The van der Waals surface area contributed by atoms with Gasteiger partial charge in [-0.25, -0.2) is 0 Å². The number of hydrogen-bond donors (Lipinski definition) is 2. The molecule has 3 aromatic rings. The van der Waals surface area contributed by atoms with Crippen molar-refractivity contribution in [3.05, 3.63) is 41.7 Å². The van der Waals surface area contributed by atoms with Crippen LogP contribution in [0.25, 0.3) is 10.7 Å². The number of primary amides is 1. The first-order chi connectivity index (χ1) is 13.0. The number of thiophene rings is 1. The minimum Gasteiger partial charge on any atom is -0.467 e. The first-order valence-electron chi connectivity index (χ1n) is 8.25. The highest BCUT2D eigenvalue weighted by Crippen LogP contribution is 2.27. The molecule has 0 fully saturated rings. The Morgan fingerprint density at radius 1 is 1.37 bits per heavy atom. The first kappa shape index (κ1) is 19.2. The van der Waals surface area contributed by atoms with Crippen molar-refractivity contribution in [2.75, 3.05) is 5.75 Å². The van der Waals surface area contributed by atoms with E-state index in [1.165, 1.54) is 23.1 Å². The number of rotatable bonds is 9. The smallest absolute Gasteiger partial charge is 0.231 e. The van der Waals surface area contributed by atoms with Gasteiger partial charge in [0.05, 0.1) is 22.9 Å². The van der Waals surface area contributed by atoms with Gasteiger partial charge in [0, 0.05) is 13.0 Å². The lowest BCUT2D eigenvalue weighted by atomic mass is 10.2. The maximum atomic E-state index is 12.2. The minimum absolute atomic E-state index is 0.147. The van der Waals surface area contributed by atoms with Crippen molar-refractivity contribution in [3.63, 3.8) is 0 Å². The summed E-state index contributed by atoms with van der Waals surface area (Å²) >= 11 is 2.79. The molecule has 0 saturated carbocycles. The van der Waals surface area contributed by atoms with Gasteiger partial charge in [-0.1, -0.05) is 17.8 Å². The summed E-state index contributed by atoms with van der Waals surface area (Å²) in [6.07, 6.45) is 1.74. The van der Waals surface area contributed by atoms with Crippen LogP contribution in [0.1, 0.15) is 25.1 Å². The van der Waals surface area contributed by atoms with Crippen molar-refractivity contribution < 1.29 is 14.0 Å². The SMILES string of the molecule is CC(NC(=O)CSc1nnc(-c2cccs2)n1CCC(N)=O)c1ccco1. The molecule has 27 heavy (non-hydrogen) atoms. The molecule has 3 aromatic heterocycles. The highest BCUT2D eigenvalue weighted by atomic mass is 32.2. The molecule has 1 atom stereocenters. The second kappa shape index (κ2) is 8.87. The number of nitrogens with one attached hydrogen (secondary N) is 1. The summed E-state index contributed by atoms with van der Waals surface area (Å²) in [6, 6.07) is 7.22. The van der Waals surface area contributed by atoms with Crippen LogP contribution in [0.15, 0.2) is 45.5 Å². The molecule has 0 bridgehead atoms. The van der Waals surface area contributed by atoms with Crippen LogP contribution in [-0.2, 0) is 16.1 Å². The number of thioether (sulfide) groups is 1. The molecule has 0 radical (unpaired) electrons. The fraction of sp³-hybridized carbons (Fsp3) is 0.294. The quantitative estimate of drug-likeness (QED) is 0.528. The zero-order valence-corrected chi connectivity index (χ0v) is 16.3. The van der Waals surface area contributed by atoms with Crippen LogP contribution in [0, 0.1) is 0 Å². The number of nitrogens with two attached hydrogens (primary N) is 1. The van der Waals surface area contributed by atoms with Gasteiger partial charge >= 0.3 is 0 Å². The van der Waals surface area contributed by atoms with E-state index >= 15 is 0 Å². The third-order valence-corrected chi connectivity index (χ3v) is 5.55. The van der Waals surface area contributed by atoms with Crippen molar-refractivity contribution in [1.29, 1.82) is 0 Å². The van der Waals surface area contributed by atoms with Crippen molar-refractivity contribution in [2.45, 2.75) is 31.1 Å². The molecule has 0 aliphatic heterocycles. The molecule has 0 saturated heterocycles. The number of aromatic nitrogens is 3. The van der Waals surface area contributed by atoms with E-state index in [9.17, 15) is 9.59 Å². The van der Waals surface area contributed by atoms with Crippen molar-refractivity contribution >= 4 is 34.9 Å². The molecule has 0 spiro atoms. The van der Waals surface area contributed by atoms with Gasteiger partial charge in [0.2, 0.25) is 11.8 Å². The zero-order chi connectivity index (χ0) is 19.2. The lowest BCUT2D eigenvalue weighted by Gasteiger charge is -2.11. The number of carbonyl (C=O) groups is 2. The second-order valence-electron chi connectivity index (χ2n) is 5.74. The standard InChI is InChI=1S/C17H19N5O3S2/c1-11(12-4-2-8-25-12)19-15(24)10-27-17-21-20-16(13-5-3-9-26-13)22(17)7-6-14(18)23/h2-5,8-9,11H,6-7,10H2,1H3,(H2,18,23)(H,19,24). The zero-order valence-electron chi connectivity index (χ0n) is 14.6. The molecule has 10 heteroatoms. The van der Waals surface area contributed by atoms with E-state index in [0.29, 0.717) is 23.3 Å². The van der Waals surface area contributed by atoms with Crippen LogP contribution in [0.5, 0.6) is 0 Å². The highest BCUT2D eigenvalue weighted by Gasteiger charge is 2.18. The summed E-state index contributed by atoms with van der Waals surface area (Å²) in [6.45, 7) is 2.22. The topological polar surface area (TPSA) is 116 Å². The maximum Gasteiger partial charge on any atom is 0.231 e. The number of furan rings is 1. The van der Waals surface area contributed by atoms with Crippen LogP contribution in [0.3, 0.4) is 0 Å². The van der Waals surface area contributed by atoms with E-state index in [4.69, 9.17) is 10.2 Å². The predicted molar refractivity (Wildman–Crippen MR) is 103 cm³/mol. The summed E-state index contributed by atoms with van der Waals surface area (Å²) in [4.78, 5) is 24.4. The van der Waals surface area contributed by atoms with Gasteiger partial charge in [0.25, 0.3) is 0 Å². The lowest BCUT2D eigenvalue weighted by Crippen LogP contribution is -2.28. The van der Waals surface area contributed by atoms with Gasteiger partial charge in [-0.05, 0) is 30.5 Å². The second-order valence-corrected chi connectivity index (χ2v) is 7.63. The summed E-state index contributed by atoms with van der Waals surface area (Å²) in [5.41, 5.74) is 5.28. The third kappa shape index (κ3) is 4.98. The summed E-state index contributed by atoms with van der Waals surface area (Å²) in [7, 11) is 0. The maximum absolute atomic E-state index is 12.2. The van der Waals surface area contributed by atoms with Gasteiger partial charge in [-0.15, -0.1) is 21.5 Å². The van der Waals surface area contributed by atoms with Crippen LogP contribution in [-0.4, -0.2) is 32.3 Å². The van der Waals surface area contributed by atoms with E-state index in [2.05, 4.69) is 15.5 Å². The third-order valence-electron chi connectivity index (χ3n) is 3.72. The Morgan fingerprint density at radius 2 is 2.22 bits per heavy atom. The monoisotopic (exact) mass is 405 g/mol. The molecular formula is C17H19N5O3S2. The molecule has 0 aromatic carbocycles. The molecule has 8 nitrogen and oxygen atoms in total. The van der Waals surface area contributed by atoms with Crippen molar-refractivity contribution in [1.82, 2.24) is 20.1 Å². The Bertz CT molecular complexity index is 890. The Kier molecular flexibility index (Phi) is 6.30. The van der Waals surface area contributed by atoms with Crippen LogP contribution in [0.2, 0.25) is 0 Å². The largest absolute Gasteiger partial charge is 0.467 e. The van der Waals surface area contributed by atoms with Gasteiger partial charge < -0.3 is 20.0 Å². The van der Waals surface area contributed by atoms with E-state index in [1.807, 2.05) is 35.1 Å².